The molecule has 12 nitrogen and oxygen atoms in total. The summed E-state index contributed by atoms with van der Waals surface area (Å²) >= 11 is 0. The summed E-state index contributed by atoms with van der Waals surface area (Å²) in [6.07, 6.45) is -9.37. The third-order valence-electron chi connectivity index (χ3n) is 5.55. The molecular formula is C23H22O12. The van der Waals surface area contributed by atoms with Crippen LogP contribution in [-0.2, 0) is 9.53 Å². The van der Waals surface area contributed by atoms with Crippen molar-refractivity contribution in [1.82, 2.24) is 0 Å². The molecule has 0 aliphatic carbocycles. The van der Waals surface area contributed by atoms with E-state index in [4.69, 9.17) is 23.4 Å². The standard InChI is InChI=1S/C23H22O12/c1-31-10-5-3-9(4-6-10)12-7-11(24)15-13(33-12)8-14(20(32-2)16(15)25)34-23-19(28)17(26)18(27)21(35-23)22(29)30/h3-8,17-19,21,23,25-28H,1-2H3,(H,29,30)/t17-,18+,19-,21+,23-/m1/s1. The molecule has 4 rings (SSSR count). The van der Waals surface area contributed by atoms with Gasteiger partial charge >= 0.3 is 5.97 Å². The van der Waals surface area contributed by atoms with Crippen molar-refractivity contribution in [3.63, 3.8) is 0 Å². The summed E-state index contributed by atoms with van der Waals surface area (Å²) in [6.45, 7) is 0. The number of carboxylic acid groups (broad SMARTS) is 1. The number of aliphatic hydroxyl groups excluding tert-OH is 3. The van der Waals surface area contributed by atoms with E-state index in [0.717, 1.165) is 0 Å². The Bertz CT molecular complexity index is 1300. The normalized spacial score (nSPS) is 24.2. The number of methoxy groups -OCH3 is 2. The first-order valence-corrected chi connectivity index (χ1v) is 10.3. The lowest BCUT2D eigenvalue weighted by molar-refractivity contribution is -0.271. The van der Waals surface area contributed by atoms with E-state index in [2.05, 4.69) is 0 Å². The first kappa shape index (κ1) is 24.3. The summed E-state index contributed by atoms with van der Waals surface area (Å²) in [4.78, 5) is 24.2. The average molecular weight is 490 g/mol. The zero-order chi connectivity index (χ0) is 25.4. The van der Waals surface area contributed by atoms with E-state index in [-0.39, 0.29) is 28.2 Å². The summed E-state index contributed by atoms with van der Waals surface area (Å²) in [5.74, 6) is -2.09. The maximum Gasteiger partial charge on any atom is 0.335 e. The molecule has 12 heteroatoms. The topological polar surface area (TPSA) is 185 Å². The SMILES string of the molecule is COc1ccc(-c2cc(=O)c3c(O)c(OC)c(O[C@@H]4O[C@H](C(=O)O)[C@@H](O)[C@@H](O)[C@H]4O)cc3o2)cc1. The van der Waals surface area contributed by atoms with Gasteiger partial charge in [-0.15, -0.1) is 0 Å². The minimum atomic E-state index is -1.92. The molecule has 2 heterocycles. The molecule has 0 saturated carbocycles. The number of ether oxygens (including phenoxy) is 4. The Kier molecular flexibility index (Phi) is 6.54. The molecule has 0 spiro atoms. The molecular weight excluding hydrogens is 468 g/mol. The molecule has 2 aromatic carbocycles. The molecule has 1 saturated heterocycles. The molecule has 0 bridgehead atoms. The number of hydrogen-bond donors (Lipinski definition) is 5. The number of benzene rings is 2. The highest BCUT2D eigenvalue weighted by molar-refractivity contribution is 5.89. The van der Waals surface area contributed by atoms with Crippen LogP contribution in [0, 0.1) is 0 Å². The third kappa shape index (κ3) is 4.35. The lowest BCUT2D eigenvalue weighted by Crippen LogP contribution is -2.61. The van der Waals surface area contributed by atoms with E-state index in [1.54, 1.807) is 24.3 Å². The van der Waals surface area contributed by atoms with Crippen LogP contribution in [0.5, 0.6) is 23.0 Å². The highest BCUT2D eigenvalue weighted by atomic mass is 16.7. The van der Waals surface area contributed by atoms with E-state index in [0.29, 0.717) is 11.3 Å². The van der Waals surface area contributed by atoms with E-state index in [1.807, 2.05) is 0 Å². The fraction of sp³-hybridized carbons (Fsp3) is 0.304. The molecule has 35 heavy (non-hydrogen) atoms. The first-order valence-electron chi connectivity index (χ1n) is 10.3. The maximum atomic E-state index is 12.8. The number of hydrogen-bond acceptors (Lipinski definition) is 11. The smallest absolute Gasteiger partial charge is 0.335 e. The Balaban J connectivity index is 1.78. The molecule has 3 aromatic rings. The number of aliphatic hydroxyl groups is 3. The molecule has 0 unspecified atom stereocenters. The average Bonchev–Trinajstić information content (AvgIpc) is 2.83. The minimum absolute atomic E-state index is 0.114. The predicted octanol–water partition coefficient (Wildman–Crippen LogP) is 0.454. The predicted molar refractivity (Wildman–Crippen MR) is 118 cm³/mol. The lowest BCUT2D eigenvalue weighted by Gasteiger charge is -2.38. The van der Waals surface area contributed by atoms with Crippen molar-refractivity contribution in [2.45, 2.75) is 30.7 Å². The summed E-state index contributed by atoms with van der Waals surface area (Å²) in [6, 6.07) is 9.03. The second-order valence-corrected chi connectivity index (χ2v) is 7.69. The minimum Gasteiger partial charge on any atom is -0.504 e. The molecule has 186 valence electrons. The zero-order valence-electron chi connectivity index (χ0n) is 18.4. The number of phenols is 1. The lowest BCUT2D eigenvalue weighted by atomic mass is 9.99. The summed E-state index contributed by atoms with van der Waals surface area (Å²) in [7, 11) is 2.69. The highest BCUT2D eigenvalue weighted by Crippen LogP contribution is 2.43. The van der Waals surface area contributed by atoms with Crippen LogP contribution in [-0.4, -0.2) is 76.4 Å². The van der Waals surface area contributed by atoms with Crippen molar-refractivity contribution < 1.29 is 53.7 Å². The van der Waals surface area contributed by atoms with Crippen molar-refractivity contribution >= 4 is 16.9 Å². The maximum absolute atomic E-state index is 12.8. The fourth-order valence-corrected chi connectivity index (χ4v) is 3.72. The number of aliphatic carboxylic acids is 1. The van der Waals surface area contributed by atoms with Gasteiger partial charge in [-0.1, -0.05) is 0 Å². The quantitative estimate of drug-likeness (QED) is 0.322. The highest BCUT2D eigenvalue weighted by Gasteiger charge is 2.48. The van der Waals surface area contributed by atoms with Crippen molar-refractivity contribution in [2.75, 3.05) is 14.2 Å². The molecule has 0 radical (unpaired) electrons. The van der Waals surface area contributed by atoms with Crippen LogP contribution >= 0.6 is 0 Å². The zero-order valence-corrected chi connectivity index (χ0v) is 18.4. The summed E-state index contributed by atoms with van der Waals surface area (Å²) in [5, 5.41) is 49.9. The van der Waals surface area contributed by atoms with Gasteiger partial charge in [-0.3, -0.25) is 4.79 Å². The van der Waals surface area contributed by atoms with Gasteiger partial charge < -0.3 is 48.9 Å². The first-order chi connectivity index (χ1) is 16.7. The van der Waals surface area contributed by atoms with Gasteiger partial charge in [0.1, 0.15) is 40.8 Å². The number of phenolic OH excluding ortho intramolecular Hbond substituents is 1. The Morgan fingerprint density at radius 3 is 2.26 bits per heavy atom. The van der Waals surface area contributed by atoms with Crippen LogP contribution < -0.4 is 19.6 Å². The van der Waals surface area contributed by atoms with Gasteiger partial charge in [-0.2, -0.15) is 0 Å². The fourth-order valence-electron chi connectivity index (χ4n) is 3.72. The van der Waals surface area contributed by atoms with E-state index in [1.165, 1.54) is 26.4 Å². The van der Waals surface area contributed by atoms with Gasteiger partial charge in [0.05, 0.1) is 14.2 Å². The van der Waals surface area contributed by atoms with E-state index < -0.39 is 47.9 Å². The van der Waals surface area contributed by atoms with Crippen LogP contribution in [0.15, 0.2) is 45.6 Å². The van der Waals surface area contributed by atoms with Crippen LogP contribution in [0.3, 0.4) is 0 Å². The number of carbonyl (C=O) groups is 1. The van der Waals surface area contributed by atoms with Gasteiger partial charge in [0.25, 0.3) is 0 Å². The van der Waals surface area contributed by atoms with Crippen LogP contribution in [0.25, 0.3) is 22.3 Å². The summed E-state index contributed by atoms with van der Waals surface area (Å²) < 4.78 is 26.7. The molecule has 5 atom stereocenters. The molecule has 1 aromatic heterocycles. The van der Waals surface area contributed by atoms with Crippen molar-refractivity contribution in [2.24, 2.45) is 0 Å². The summed E-state index contributed by atoms with van der Waals surface area (Å²) in [5.41, 5.74) is -0.162. The van der Waals surface area contributed by atoms with Gasteiger partial charge in [0.2, 0.25) is 12.0 Å². The van der Waals surface area contributed by atoms with Gasteiger partial charge in [0, 0.05) is 17.7 Å². The Labute approximate surface area is 197 Å². The monoisotopic (exact) mass is 490 g/mol. The number of fused-ring (bicyclic) bond motifs is 1. The molecule has 1 aliphatic rings. The van der Waals surface area contributed by atoms with Crippen molar-refractivity contribution in [3.05, 3.63) is 46.6 Å². The van der Waals surface area contributed by atoms with Gasteiger partial charge in [-0.25, -0.2) is 4.79 Å². The van der Waals surface area contributed by atoms with E-state index >= 15 is 0 Å². The Morgan fingerprint density at radius 2 is 1.66 bits per heavy atom. The second-order valence-electron chi connectivity index (χ2n) is 7.69. The largest absolute Gasteiger partial charge is 0.504 e. The van der Waals surface area contributed by atoms with Crippen LogP contribution in [0.4, 0.5) is 0 Å². The van der Waals surface area contributed by atoms with E-state index in [9.17, 15) is 35.1 Å². The van der Waals surface area contributed by atoms with Crippen LogP contribution in [0.2, 0.25) is 0 Å². The molecule has 1 aliphatic heterocycles. The van der Waals surface area contributed by atoms with Crippen molar-refractivity contribution in [3.8, 4) is 34.3 Å². The number of rotatable bonds is 6. The molecule has 5 N–H and O–H groups in total. The Morgan fingerprint density at radius 1 is 0.971 bits per heavy atom. The number of aromatic hydroxyl groups is 1. The van der Waals surface area contributed by atoms with Crippen LogP contribution in [0.1, 0.15) is 0 Å². The molecule has 1 fully saturated rings. The van der Waals surface area contributed by atoms with Gasteiger partial charge in [-0.05, 0) is 24.3 Å². The third-order valence-corrected chi connectivity index (χ3v) is 5.55. The molecule has 0 amide bonds. The van der Waals surface area contributed by atoms with Gasteiger partial charge in [0.15, 0.2) is 23.0 Å². The second kappa shape index (κ2) is 9.43. The number of carboxylic acids is 1. The Hall–Kier alpha value is -3.84. The van der Waals surface area contributed by atoms with Crippen molar-refractivity contribution in [1.29, 1.82) is 0 Å².